The number of aromatic nitrogens is 2. The minimum Gasteiger partial charge on any atom is -0.385 e. The van der Waals surface area contributed by atoms with Crippen LogP contribution in [0.25, 0.3) is 0 Å². The van der Waals surface area contributed by atoms with Gasteiger partial charge in [-0.25, -0.2) is 4.98 Å². The first kappa shape index (κ1) is 18.4. The van der Waals surface area contributed by atoms with E-state index in [1.807, 2.05) is 0 Å². The average Bonchev–Trinajstić information content (AvgIpc) is 2.61. The molecule has 0 aliphatic carbocycles. The van der Waals surface area contributed by atoms with Gasteiger partial charge in [-0.1, -0.05) is 19.6 Å². The molecule has 1 aromatic heterocycles. The highest BCUT2D eigenvalue weighted by Crippen LogP contribution is 2.25. The normalized spacial score (nSPS) is 12.1. The van der Waals surface area contributed by atoms with E-state index in [4.69, 9.17) is 9.47 Å². The lowest BCUT2D eigenvalue weighted by atomic mass is 10.3. The molecule has 1 rings (SSSR count). The Labute approximate surface area is 139 Å². The van der Waals surface area contributed by atoms with Crippen molar-refractivity contribution in [3.05, 3.63) is 15.0 Å². The van der Waals surface area contributed by atoms with Crippen molar-refractivity contribution in [1.82, 2.24) is 9.55 Å². The van der Waals surface area contributed by atoms with Gasteiger partial charge in [0.1, 0.15) is 21.8 Å². The minimum absolute atomic E-state index is 0.548. The summed E-state index contributed by atoms with van der Waals surface area (Å²) in [5.74, 6) is 1.02. The number of nitrogens with zero attached hydrogens (tertiary/aromatic N) is 2. The van der Waals surface area contributed by atoms with E-state index in [-0.39, 0.29) is 0 Å². The molecule has 4 nitrogen and oxygen atoms in total. The van der Waals surface area contributed by atoms with Crippen molar-refractivity contribution in [1.29, 1.82) is 0 Å². The Balaban J connectivity index is 2.54. The van der Waals surface area contributed by atoms with Gasteiger partial charge in [0.05, 0.1) is 0 Å². The Bertz CT molecular complexity index is 419. The van der Waals surface area contributed by atoms with Crippen LogP contribution in [-0.2, 0) is 22.6 Å². The Morgan fingerprint density at radius 1 is 1.20 bits per heavy atom. The van der Waals surface area contributed by atoms with Crippen LogP contribution in [0.1, 0.15) is 12.2 Å². The van der Waals surface area contributed by atoms with Gasteiger partial charge < -0.3 is 9.47 Å². The molecule has 7 heteroatoms. The second-order valence-corrected chi connectivity index (χ2v) is 13.1. The molecule has 0 aliphatic rings. The van der Waals surface area contributed by atoms with Gasteiger partial charge in [0.15, 0.2) is 0 Å². The van der Waals surface area contributed by atoms with Gasteiger partial charge in [-0.15, -0.1) is 0 Å². The smallest absolute Gasteiger partial charge is 0.139 e. The van der Waals surface area contributed by atoms with E-state index >= 15 is 0 Å². The summed E-state index contributed by atoms with van der Waals surface area (Å²) in [6, 6.07) is 1.18. The predicted octanol–water partition coefficient (Wildman–Crippen LogP) is 4.30. The first-order chi connectivity index (χ1) is 9.35. The number of aryl methyl sites for hydroxylation is 1. The maximum atomic E-state index is 5.81. The van der Waals surface area contributed by atoms with E-state index < -0.39 is 8.07 Å². The molecule has 0 bridgehead atoms. The molecule has 0 aliphatic heterocycles. The summed E-state index contributed by atoms with van der Waals surface area (Å²) >= 11 is 7.01. The van der Waals surface area contributed by atoms with Crippen LogP contribution in [0.3, 0.4) is 0 Å². The van der Waals surface area contributed by atoms with E-state index in [2.05, 4.69) is 61.1 Å². The summed E-state index contributed by atoms with van der Waals surface area (Å²) in [7, 11) is 0.689. The molecule has 1 aromatic rings. The lowest BCUT2D eigenvalue weighted by Crippen LogP contribution is -2.22. The zero-order valence-electron chi connectivity index (χ0n) is 12.7. The molecule has 20 heavy (non-hydrogen) atoms. The zero-order valence-corrected chi connectivity index (χ0v) is 16.9. The number of rotatable bonds is 9. The maximum Gasteiger partial charge on any atom is 0.139 e. The van der Waals surface area contributed by atoms with Gasteiger partial charge in [0.25, 0.3) is 0 Å². The van der Waals surface area contributed by atoms with Crippen LogP contribution >= 0.6 is 31.9 Å². The number of methoxy groups -OCH3 is 1. The summed E-state index contributed by atoms with van der Waals surface area (Å²) in [6.45, 7) is 9.18. The molecule has 0 amide bonds. The molecule has 0 saturated heterocycles. The predicted molar refractivity (Wildman–Crippen MR) is 91.9 cm³/mol. The van der Waals surface area contributed by atoms with Crippen LogP contribution in [0.5, 0.6) is 0 Å². The van der Waals surface area contributed by atoms with Crippen molar-refractivity contribution in [3.63, 3.8) is 0 Å². The fourth-order valence-corrected chi connectivity index (χ4v) is 3.25. The molecule has 0 fully saturated rings. The van der Waals surface area contributed by atoms with E-state index in [1.165, 1.54) is 6.04 Å². The molecule has 0 aromatic carbocycles. The van der Waals surface area contributed by atoms with Gasteiger partial charge in [-0.3, -0.25) is 4.57 Å². The second-order valence-electron chi connectivity index (χ2n) is 5.98. The SMILES string of the molecule is COCCCc1nc(Br)c(Br)n1COCC[Si](C)(C)C. The van der Waals surface area contributed by atoms with Gasteiger partial charge >= 0.3 is 0 Å². The third-order valence-corrected chi connectivity index (χ3v) is 6.50. The van der Waals surface area contributed by atoms with E-state index in [9.17, 15) is 0 Å². The number of hydrogen-bond donors (Lipinski definition) is 0. The van der Waals surface area contributed by atoms with Crippen LogP contribution < -0.4 is 0 Å². The highest BCUT2D eigenvalue weighted by Gasteiger charge is 2.15. The van der Waals surface area contributed by atoms with E-state index in [1.54, 1.807) is 7.11 Å². The first-order valence-electron chi connectivity index (χ1n) is 6.82. The topological polar surface area (TPSA) is 36.3 Å². The molecular weight excluding hydrogens is 404 g/mol. The van der Waals surface area contributed by atoms with Crippen LogP contribution in [0.2, 0.25) is 25.7 Å². The van der Waals surface area contributed by atoms with Gasteiger partial charge in [0.2, 0.25) is 0 Å². The second kappa shape index (κ2) is 8.68. The van der Waals surface area contributed by atoms with Crippen LogP contribution in [-0.4, -0.2) is 37.9 Å². The van der Waals surface area contributed by atoms with Crippen LogP contribution in [0.15, 0.2) is 9.21 Å². The van der Waals surface area contributed by atoms with Crippen molar-refractivity contribution in [2.75, 3.05) is 20.3 Å². The largest absolute Gasteiger partial charge is 0.385 e. The van der Waals surface area contributed by atoms with Crippen molar-refractivity contribution in [2.24, 2.45) is 0 Å². The van der Waals surface area contributed by atoms with Gasteiger partial charge in [-0.05, 0) is 44.3 Å². The molecule has 0 spiro atoms. The third-order valence-electron chi connectivity index (χ3n) is 2.91. The van der Waals surface area contributed by atoms with Gasteiger partial charge in [-0.2, -0.15) is 0 Å². The summed E-state index contributed by atoms with van der Waals surface area (Å²) in [4.78, 5) is 4.52. The lowest BCUT2D eigenvalue weighted by Gasteiger charge is -2.16. The number of halogens is 2. The summed E-state index contributed by atoms with van der Waals surface area (Å²) in [5, 5.41) is 0. The van der Waals surface area contributed by atoms with Crippen LogP contribution in [0, 0.1) is 0 Å². The highest BCUT2D eigenvalue weighted by molar-refractivity contribution is 9.13. The van der Waals surface area contributed by atoms with Crippen molar-refractivity contribution in [3.8, 4) is 0 Å². The average molecular weight is 428 g/mol. The molecule has 116 valence electrons. The fourth-order valence-electron chi connectivity index (χ4n) is 1.68. The fraction of sp³-hybridized carbons (Fsp3) is 0.769. The quantitative estimate of drug-likeness (QED) is 0.435. The highest BCUT2D eigenvalue weighted by atomic mass is 79.9. The summed E-state index contributed by atoms with van der Waals surface area (Å²) in [6.07, 6.45) is 1.84. The maximum absolute atomic E-state index is 5.81. The number of imidazole rings is 1. The Hall–Kier alpha value is 0.307. The zero-order chi connectivity index (χ0) is 15.2. The van der Waals surface area contributed by atoms with E-state index in [0.717, 1.165) is 41.1 Å². The number of ether oxygens (including phenoxy) is 2. The minimum atomic E-state index is -1.03. The lowest BCUT2D eigenvalue weighted by molar-refractivity contribution is 0.0833. The molecule has 0 radical (unpaired) electrons. The Morgan fingerprint density at radius 2 is 1.90 bits per heavy atom. The summed E-state index contributed by atoms with van der Waals surface area (Å²) in [5.41, 5.74) is 0. The molecule has 0 unspecified atom stereocenters. The van der Waals surface area contributed by atoms with Crippen molar-refractivity contribution >= 4 is 39.9 Å². The molecular formula is C13H24Br2N2O2Si. The first-order valence-corrected chi connectivity index (χ1v) is 12.1. The van der Waals surface area contributed by atoms with E-state index in [0.29, 0.717) is 6.73 Å². The van der Waals surface area contributed by atoms with Gasteiger partial charge in [0, 0.05) is 34.8 Å². The third kappa shape index (κ3) is 6.38. The standard InChI is InChI=1S/C13H24Br2N2O2Si/c1-18-7-5-6-11-16-12(14)13(15)17(11)10-19-8-9-20(2,3)4/h5-10H2,1-4H3. The summed E-state index contributed by atoms with van der Waals surface area (Å²) < 4.78 is 14.7. The monoisotopic (exact) mass is 426 g/mol. The molecule has 0 saturated carbocycles. The Morgan fingerprint density at radius 3 is 2.50 bits per heavy atom. The van der Waals surface area contributed by atoms with Crippen molar-refractivity contribution in [2.45, 2.75) is 45.3 Å². The van der Waals surface area contributed by atoms with Crippen molar-refractivity contribution < 1.29 is 9.47 Å². The Kier molecular flexibility index (Phi) is 7.96. The van der Waals surface area contributed by atoms with Crippen LogP contribution in [0.4, 0.5) is 0 Å². The molecule has 0 N–H and O–H groups in total. The number of hydrogen-bond acceptors (Lipinski definition) is 3. The molecule has 1 heterocycles. The molecule has 0 atom stereocenters.